The number of thioether (sulfide) groups is 1. The number of carbonyl (C=O) groups is 2. The van der Waals surface area contributed by atoms with Crippen LogP contribution < -0.4 is 10.2 Å². The quantitative estimate of drug-likeness (QED) is 0.330. The fourth-order valence-electron chi connectivity index (χ4n) is 5.17. The number of nitrogens with one attached hydrogen (secondary N) is 1. The van der Waals surface area contributed by atoms with E-state index in [0.29, 0.717) is 12.4 Å². The summed E-state index contributed by atoms with van der Waals surface area (Å²) in [7, 11) is 0. The lowest BCUT2D eigenvalue weighted by Crippen LogP contribution is -2.44. The van der Waals surface area contributed by atoms with E-state index in [4.69, 9.17) is 9.84 Å². The third-order valence-corrected chi connectivity index (χ3v) is 9.36. The second kappa shape index (κ2) is 11.4. The van der Waals surface area contributed by atoms with Gasteiger partial charge in [0.05, 0.1) is 28.5 Å². The molecule has 9 heteroatoms. The molecule has 2 aromatic carbocycles. The zero-order valence-electron chi connectivity index (χ0n) is 21.7. The summed E-state index contributed by atoms with van der Waals surface area (Å²) >= 11 is 3.26. The van der Waals surface area contributed by atoms with Crippen molar-refractivity contribution in [2.45, 2.75) is 31.1 Å². The van der Waals surface area contributed by atoms with Crippen molar-refractivity contribution in [1.82, 2.24) is 15.1 Å². The number of amides is 2. The highest BCUT2D eigenvalue weighted by Gasteiger charge is 2.38. The number of thiophene rings is 1. The van der Waals surface area contributed by atoms with Gasteiger partial charge in [-0.1, -0.05) is 48.5 Å². The summed E-state index contributed by atoms with van der Waals surface area (Å²) in [5, 5.41) is 10.1. The van der Waals surface area contributed by atoms with Gasteiger partial charge in [0.15, 0.2) is 0 Å². The van der Waals surface area contributed by atoms with Gasteiger partial charge in [0.1, 0.15) is 12.4 Å². The molecule has 0 saturated carbocycles. The van der Waals surface area contributed by atoms with Crippen LogP contribution in [0.15, 0.2) is 72.1 Å². The van der Waals surface area contributed by atoms with Crippen molar-refractivity contribution in [2.24, 2.45) is 0 Å². The molecule has 2 amide bonds. The van der Waals surface area contributed by atoms with Crippen LogP contribution in [0, 0.1) is 6.92 Å². The Bertz CT molecular complexity index is 1460. The van der Waals surface area contributed by atoms with Crippen molar-refractivity contribution in [1.29, 1.82) is 0 Å². The van der Waals surface area contributed by atoms with Crippen LogP contribution >= 0.6 is 23.1 Å². The van der Waals surface area contributed by atoms with Crippen LogP contribution in [0.2, 0.25) is 0 Å². The van der Waals surface area contributed by atoms with Gasteiger partial charge in [-0.15, -0.1) is 23.1 Å². The third-order valence-electron chi connectivity index (χ3n) is 7.04. The van der Waals surface area contributed by atoms with Crippen molar-refractivity contribution >= 4 is 40.7 Å². The summed E-state index contributed by atoms with van der Waals surface area (Å²) in [6, 6.07) is 22.3. The molecule has 1 N–H and O–H groups in total. The predicted octanol–water partition coefficient (Wildman–Crippen LogP) is 5.37. The summed E-state index contributed by atoms with van der Waals surface area (Å²) in [4.78, 5) is 29.8. The number of hydrogen-bond donors (Lipinski definition) is 1. The van der Waals surface area contributed by atoms with Crippen LogP contribution in [0.3, 0.4) is 0 Å². The molecule has 1 saturated heterocycles. The molecule has 7 nitrogen and oxygen atoms in total. The summed E-state index contributed by atoms with van der Waals surface area (Å²) < 4.78 is 7.52. The molecule has 0 aliphatic carbocycles. The molecule has 2 aromatic heterocycles. The van der Waals surface area contributed by atoms with E-state index in [-0.39, 0.29) is 35.5 Å². The first kappa shape index (κ1) is 25.9. The number of anilines is 1. The molecule has 4 aromatic rings. The second-order valence-electron chi connectivity index (χ2n) is 9.83. The molecule has 0 unspecified atom stereocenters. The molecular formula is C30H30N4O3S2. The van der Waals surface area contributed by atoms with Gasteiger partial charge in [-0.2, -0.15) is 5.10 Å². The largest absolute Gasteiger partial charge is 0.376 e. The third kappa shape index (κ3) is 5.39. The zero-order chi connectivity index (χ0) is 26.8. The Morgan fingerprint density at radius 1 is 1.13 bits per heavy atom. The van der Waals surface area contributed by atoms with Gasteiger partial charge in [0, 0.05) is 29.2 Å². The number of hydrogen-bond acceptors (Lipinski definition) is 6. The second-order valence-corrected chi connectivity index (χ2v) is 11.9. The highest BCUT2D eigenvalue weighted by molar-refractivity contribution is 8.00. The fraction of sp³-hybridized carbons (Fsp3) is 0.300. The monoisotopic (exact) mass is 558 g/mol. The Morgan fingerprint density at radius 3 is 2.74 bits per heavy atom. The molecule has 2 aliphatic rings. The topological polar surface area (TPSA) is 76.5 Å². The van der Waals surface area contributed by atoms with Crippen molar-refractivity contribution in [3.8, 4) is 16.9 Å². The van der Waals surface area contributed by atoms with Crippen LogP contribution in [0.1, 0.15) is 34.1 Å². The van der Waals surface area contributed by atoms with E-state index in [2.05, 4.69) is 22.8 Å². The number of aromatic nitrogens is 2. The van der Waals surface area contributed by atoms with E-state index in [9.17, 15) is 9.59 Å². The van der Waals surface area contributed by atoms with Crippen molar-refractivity contribution in [3.05, 3.63) is 88.1 Å². The maximum atomic E-state index is 13.7. The normalized spacial score (nSPS) is 19.1. The highest BCUT2D eigenvalue weighted by Crippen LogP contribution is 2.49. The smallest absolute Gasteiger partial charge is 0.240 e. The minimum Gasteiger partial charge on any atom is -0.376 e. The first-order valence-corrected chi connectivity index (χ1v) is 15.1. The lowest BCUT2D eigenvalue weighted by atomic mass is 10.0. The minimum absolute atomic E-state index is 0.0330. The minimum atomic E-state index is -0.206. The molecule has 0 spiro atoms. The standard InChI is InChI=1S/C30H30N4O3S2/c1-20-8-5-11-22(16-20)34-30-27(28(32-34)21-9-3-2-4-10-21)29(24-13-7-15-38-24)39-19-26(36)33(30)18-25(35)31-17-23-12-6-14-37-23/h2-5,7-11,13,15-16,23,29H,6,12,14,17-19H2,1H3,(H,31,35)/t23-,29-/m1/s1. The molecule has 200 valence electrons. The van der Waals surface area contributed by atoms with Crippen molar-refractivity contribution in [3.63, 3.8) is 0 Å². The Labute approximate surface area is 236 Å². The summed E-state index contributed by atoms with van der Waals surface area (Å²) in [5.41, 5.74) is 4.68. The van der Waals surface area contributed by atoms with Gasteiger partial charge in [-0.05, 0) is 48.9 Å². The molecule has 1 fully saturated rings. The lowest BCUT2D eigenvalue weighted by Gasteiger charge is -2.23. The number of nitrogens with zero attached hydrogens (tertiary/aromatic N) is 3. The van der Waals surface area contributed by atoms with Crippen LogP contribution in [-0.4, -0.2) is 53.1 Å². The SMILES string of the molecule is Cc1cccc(-n2nc(-c3ccccc3)c3c2N(CC(=O)NC[C@H]2CCCO2)C(=O)CS[C@@H]3c2cccs2)c1. The van der Waals surface area contributed by atoms with Gasteiger partial charge in [0.25, 0.3) is 0 Å². The fourth-order valence-corrected chi connectivity index (χ4v) is 7.34. The molecule has 2 aliphatic heterocycles. The number of benzene rings is 2. The first-order chi connectivity index (χ1) is 19.1. The summed E-state index contributed by atoms with van der Waals surface area (Å²) in [5.74, 6) is 0.599. The van der Waals surface area contributed by atoms with E-state index in [1.165, 1.54) is 0 Å². The highest BCUT2D eigenvalue weighted by atomic mass is 32.2. The van der Waals surface area contributed by atoms with Gasteiger partial charge < -0.3 is 10.1 Å². The van der Waals surface area contributed by atoms with Gasteiger partial charge >= 0.3 is 0 Å². The van der Waals surface area contributed by atoms with E-state index in [1.807, 2.05) is 66.2 Å². The number of aryl methyl sites for hydroxylation is 1. The summed E-state index contributed by atoms with van der Waals surface area (Å²) in [6.07, 6.45) is 1.98. The molecule has 4 heterocycles. The van der Waals surface area contributed by atoms with Gasteiger partial charge in [-0.3, -0.25) is 14.5 Å². The average molecular weight is 559 g/mol. The van der Waals surface area contributed by atoms with E-state index < -0.39 is 0 Å². The Morgan fingerprint density at radius 2 is 2.00 bits per heavy atom. The average Bonchev–Trinajstić information content (AvgIpc) is 3.72. The number of fused-ring (bicyclic) bond motifs is 1. The first-order valence-electron chi connectivity index (χ1n) is 13.2. The Kier molecular flexibility index (Phi) is 7.54. The maximum Gasteiger partial charge on any atom is 0.240 e. The summed E-state index contributed by atoms with van der Waals surface area (Å²) in [6.45, 7) is 3.14. The molecule has 39 heavy (non-hydrogen) atoms. The molecule has 2 atom stereocenters. The van der Waals surface area contributed by atoms with Crippen LogP contribution in [0.5, 0.6) is 0 Å². The molecule has 6 rings (SSSR count). The Balaban J connectivity index is 1.50. The van der Waals surface area contributed by atoms with Crippen molar-refractivity contribution < 1.29 is 14.3 Å². The number of ether oxygens (including phenoxy) is 1. The van der Waals surface area contributed by atoms with Crippen LogP contribution in [0.25, 0.3) is 16.9 Å². The molecule has 0 bridgehead atoms. The van der Waals surface area contributed by atoms with Crippen LogP contribution in [0.4, 0.5) is 5.82 Å². The maximum absolute atomic E-state index is 13.7. The van der Waals surface area contributed by atoms with Gasteiger partial charge in [-0.25, -0.2) is 4.68 Å². The zero-order valence-corrected chi connectivity index (χ0v) is 23.3. The van der Waals surface area contributed by atoms with E-state index in [1.54, 1.807) is 28.0 Å². The number of carbonyl (C=O) groups excluding carboxylic acids is 2. The Hall–Kier alpha value is -3.40. The number of rotatable bonds is 7. The van der Waals surface area contributed by atoms with Crippen LogP contribution in [-0.2, 0) is 14.3 Å². The predicted molar refractivity (Wildman–Crippen MR) is 157 cm³/mol. The van der Waals surface area contributed by atoms with Gasteiger partial charge in [0.2, 0.25) is 11.8 Å². The lowest BCUT2D eigenvalue weighted by molar-refractivity contribution is -0.123. The van der Waals surface area contributed by atoms with E-state index in [0.717, 1.165) is 52.4 Å². The van der Waals surface area contributed by atoms with Crippen molar-refractivity contribution in [2.75, 3.05) is 30.3 Å². The molecular weight excluding hydrogens is 528 g/mol. The van der Waals surface area contributed by atoms with E-state index >= 15 is 0 Å². The molecule has 0 radical (unpaired) electrons.